The molecular weight excluding hydrogens is 186 g/mol. The van der Waals surface area contributed by atoms with Gasteiger partial charge in [0.2, 0.25) is 0 Å². The summed E-state index contributed by atoms with van der Waals surface area (Å²) >= 11 is 0. The van der Waals surface area contributed by atoms with Crippen LogP contribution in [0.25, 0.3) is 0 Å². The lowest BCUT2D eigenvalue weighted by atomic mass is 10.0. The lowest BCUT2D eigenvalue weighted by Crippen LogP contribution is -2.09. The van der Waals surface area contributed by atoms with Gasteiger partial charge >= 0.3 is 0 Å². The van der Waals surface area contributed by atoms with Crippen LogP contribution in [0.1, 0.15) is 24.0 Å². The van der Waals surface area contributed by atoms with Crippen LogP contribution in [0.5, 0.6) is 5.75 Å². The smallest absolute Gasteiger partial charge is 0.138 e. The van der Waals surface area contributed by atoms with Gasteiger partial charge in [-0.2, -0.15) is 0 Å². The average Bonchev–Trinajstić information content (AvgIpc) is 2.30. The molecule has 15 heavy (non-hydrogen) atoms. The number of rotatable bonds is 1. The Morgan fingerprint density at radius 1 is 1.40 bits per heavy atom. The standard InChI is InChI=1S/C13H15NO/c14-9-2-1-5-11-6-3-7-12-8-4-10-15-13(11)12/h3,6-7H,2,4,8-10,14H2. The van der Waals surface area contributed by atoms with E-state index in [2.05, 4.69) is 17.9 Å². The van der Waals surface area contributed by atoms with Crippen molar-refractivity contribution < 1.29 is 4.74 Å². The Labute approximate surface area is 90.4 Å². The second kappa shape index (κ2) is 4.86. The van der Waals surface area contributed by atoms with Gasteiger partial charge in [0, 0.05) is 13.0 Å². The number of ether oxygens (including phenoxy) is 1. The molecular formula is C13H15NO. The molecule has 2 heteroatoms. The molecule has 2 N–H and O–H groups in total. The topological polar surface area (TPSA) is 35.2 Å². The highest BCUT2D eigenvalue weighted by Gasteiger charge is 2.12. The summed E-state index contributed by atoms with van der Waals surface area (Å²) in [4.78, 5) is 0. The summed E-state index contributed by atoms with van der Waals surface area (Å²) in [5.41, 5.74) is 7.68. The number of nitrogens with two attached hydrogens (primary N) is 1. The van der Waals surface area contributed by atoms with Crippen molar-refractivity contribution in [1.29, 1.82) is 0 Å². The highest BCUT2D eigenvalue weighted by atomic mass is 16.5. The number of hydrogen-bond donors (Lipinski definition) is 1. The van der Waals surface area contributed by atoms with Gasteiger partial charge in [-0.25, -0.2) is 0 Å². The van der Waals surface area contributed by atoms with E-state index in [1.807, 2.05) is 12.1 Å². The Balaban J connectivity index is 2.28. The first-order valence-electron chi connectivity index (χ1n) is 5.35. The largest absolute Gasteiger partial charge is 0.492 e. The third-order valence-corrected chi connectivity index (χ3v) is 2.43. The first-order valence-corrected chi connectivity index (χ1v) is 5.35. The summed E-state index contributed by atoms with van der Waals surface area (Å²) in [5, 5.41) is 0. The average molecular weight is 201 g/mol. The Morgan fingerprint density at radius 3 is 3.20 bits per heavy atom. The molecule has 78 valence electrons. The van der Waals surface area contributed by atoms with Gasteiger partial charge in [-0.05, 0) is 24.5 Å². The molecule has 0 unspecified atom stereocenters. The van der Waals surface area contributed by atoms with E-state index < -0.39 is 0 Å². The highest BCUT2D eigenvalue weighted by Crippen LogP contribution is 2.28. The summed E-state index contributed by atoms with van der Waals surface area (Å²) < 4.78 is 5.65. The molecule has 0 saturated heterocycles. The maximum absolute atomic E-state index is 5.65. The van der Waals surface area contributed by atoms with Crippen molar-refractivity contribution in [2.75, 3.05) is 13.2 Å². The van der Waals surface area contributed by atoms with Gasteiger partial charge in [-0.15, -0.1) is 0 Å². The second-order valence-electron chi connectivity index (χ2n) is 3.59. The monoisotopic (exact) mass is 201 g/mol. The van der Waals surface area contributed by atoms with Gasteiger partial charge in [0.15, 0.2) is 0 Å². The van der Waals surface area contributed by atoms with Crippen LogP contribution in [0.2, 0.25) is 0 Å². The molecule has 1 heterocycles. The molecule has 2 nitrogen and oxygen atoms in total. The Morgan fingerprint density at radius 2 is 2.33 bits per heavy atom. The highest BCUT2D eigenvalue weighted by molar-refractivity contribution is 5.51. The molecule has 1 aliphatic heterocycles. The second-order valence-corrected chi connectivity index (χ2v) is 3.59. The van der Waals surface area contributed by atoms with E-state index in [4.69, 9.17) is 10.5 Å². The summed E-state index contributed by atoms with van der Waals surface area (Å²) in [6.45, 7) is 1.42. The molecule has 0 fully saturated rings. The van der Waals surface area contributed by atoms with Gasteiger partial charge < -0.3 is 10.5 Å². The molecule has 0 bridgehead atoms. The fraction of sp³-hybridized carbons (Fsp3) is 0.385. The third-order valence-electron chi connectivity index (χ3n) is 2.43. The van der Waals surface area contributed by atoms with Crippen LogP contribution < -0.4 is 10.5 Å². The fourth-order valence-electron chi connectivity index (χ4n) is 1.72. The minimum atomic E-state index is 0.614. The molecule has 0 aromatic heterocycles. The maximum atomic E-state index is 5.65. The number of benzene rings is 1. The molecule has 0 amide bonds. The van der Waals surface area contributed by atoms with Gasteiger partial charge in [-0.1, -0.05) is 24.0 Å². The lowest BCUT2D eigenvalue weighted by Gasteiger charge is -2.18. The minimum absolute atomic E-state index is 0.614. The first kappa shape index (κ1) is 10.1. The number of aryl methyl sites for hydroxylation is 1. The lowest BCUT2D eigenvalue weighted by molar-refractivity contribution is 0.287. The molecule has 0 radical (unpaired) electrons. The summed E-state index contributed by atoms with van der Waals surface area (Å²) in [6.07, 6.45) is 2.94. The first-order chi connectivity index (χ1) is 7.42. The van der Waals surface area contributed by atoms with Gasteiger partial charge in [0.25, 0.3) is 0 Å². The number of para-hydroxylation sites is 1. The van der Waals surface area contributed by atoms with Crippen LogP contribution in [0.15, 0.2) is 18.2 Å². The fourth-order valence-corrected chi connectivity index (χ4v) is 1.72. The van der Waals surface area contributed by atoms with E-state index in [9.17, 15) is 0 Å². The van der Waals surface area contributed by atoms with Crippen LogP contribution in [0, 0.1) is 11.8 Å². The minimum Gasteiger partial charge on any atom is -0.492 e. The van der Waals surface area contributed by atoms with Crippen molar-refractivity contribution in [1.82, 2.24) is 0 Å². The number of hydrogen-bond acceptors (Lipinski definition) is 2. The zero-order valence-electron chi connectivity index (χ0n) is 8.75. The van der Waals surface area contributed by atoms with Crippen molar-refractivity contribution in [2.45, 2.75) is 19.3 Å². The van der Waals surface area contributed by atoms with E-state index in [0.29, 0.717) is 6.54 Å². The summed E-state index contributed by atoms with van der Waals surface area (Å²) in [5.74, 6) is 7.15. The van der Waals surface area contributed by atoms with Gasteiger partial charge in [0.05, 0.1) is 12.2 Å². The quantitative estimate of drug-likeness (QED) is 0.702. The number of fused-ring (bicyclic) bond motifs is 1. The van der Waals surface area contributed by atoms with Crippen molar-refractivity contribution >= 4 is 0 Å². The SMILES string of the molecule is NCCC#Cc1cccc2c1OCCC2. The van der Waals surface area contributed by atoms with Crippen molar-refractivity contribution in [3.8, 4) is 17.6 Å². The normalized spacial score (nSPS) is 13.4. The van der Waals surface area contributed by atoms with Crippen molar-refractivity contribution in [3.63, 3.8) is 0 Å². The Bertz CT molecular complexity index is 401. The Hall–Kier alpha value is -1.46. The Kier molecular flexibility index (Phi) is 3.26. The van der Waals surface area contributed by atoms with Gasteiger partial charge in [-0.3, -0.25) is 0 Å². The third kappa shape index (κ3) is 2.31. The van der Waals surface area contributed by atoms with E-state index in [1.54, 1.807) is 0 Å². The molecule has 0 aliphatic carbocycles. The van der Waals surface area contributed by atoms with Crippen LogP contribution in [-0.4, -0.2) is 13.2 Å². The van der Waals surface area contributed by atoms with Gasteiger partial charge in [0.1, 0.15) is 5.75 Å². The van der Waals surface area contributed by atoms with Crippen LogP contribution >= 0.6 is 0 Å². The van der Waals surface area contributed by atoms with Crippen molar-refractivity contribution in [2.24, 2.45) is 5.73 Å². The molecule has 0 saturated carbocycles. The van der Waals surface area contributed by atoms with E-state index in [-0.39, 0.29) is 0 Å². The zero-order chi connectivity index (χ0) is 10.5. The zero-order valence-corrected chi connectivity index (χ0v) is 8.75. The van der Waals surface area contributed by atoms with E-state index in [0.717, 1.165) is 37.2 Å². The predicted molar refractivity (Wildman–Crippen MR) is 60.8 cm³/mol. The molecule has 0 spiro atoms. The van der Waals surface area contributed by atoms with Crippen LogP contribution in [0.3, 0.4) is 0 Å². The van der Waals surface area contributed by atoms with Crippen molar-refractivity contribution in [3.05, 3.63) is 29.3 Å². The van der Waals surface area contributed by atoms with Crippen LogP contribution in [0.4, 0.5) is 0 Å². The van der Waals surface area contributed by atoms with E-state index >= 15 is 0 Å². The van der Waals surface area contributed by atoms with Crippen LogP contribution in [-0.2, 0) is 6.42 Å². The summed E-state index contributed by atoms with van der Waals surface area (Å²) in [7, 11) is 0. The molecule has 0 atom stereocenters. The molecule has 2 rings (SSSR count). The maximum Gasteiger partial charge on any atom is 0.138 e. The summed E-state index contributed by atoms with van der Waals surface area (Å²) in [6, 6.07) is 6.16. The predicted octanol–water partition coefficient (Wildman–Crippen LogP) is 1.71. The molecule has 1 aromatic carbocycles. The molecule has 1 aromatic rings. The molecule has 1 aliphatic rings. The van der Waals surface area contributed by atoms with E-state index in [1.165, 1.54) is 5.56 Å².